The van der Waals surface area contributed by atoms with E-state index in [1.165, 1.54) is 16.2 Å². The van der Waals surface area contributed by atoms with E-state index < -0.39 is 7.12 Å². The first-order valence-corrected chi connectivity index (χ1v) is 12.3. The summed E-state index contributed by atoms with van der Waals surface area (Å²) < 4.78 is 2.37. The van der Waals surface area contributed by atoms with Gasteiger partial charge in [0.1, 0.15) is 0 Å². The van der Waals surface area contributed by atoms with E-state index in [9.17, 15) is 9.59 Å². The van der Waals surface area contributed by atoms with E-state index in [4.69, 9.17) is 10.0 Å². The summed E-state index contributed by atoms with van der Waals surface area (Å²) in [5, 5.41) is 17.5. The average molecular weight is 472 g/mol. The lowest BCUT2D eigenvalue weighted by Crippen LogP contribution is -2.00. The molecule has 0 aliphatic rings. The van der Waals surface area contributed by atoms with E-state index in [0.717, 1.165) is 20.5 Å². The van der Waals surface area contributed by atoms with Gasteiger partial charge in [-0.1, -0.05) is 64.1 Å². The van der Waals surface area contributed by atoms with Crippen molar-refractivity contribution in [2.45, 2.75) is 48.4 Å². The fraction of sp³-hybridized carbons (Fsp3) is 0.280. The fourth-order valence-corrected chi connectivity index (χ4v) is 4.23. The number of carbonyl (C=O) groups excluding carboxylic acids is 2. The van der Waals surface area contributed by atoms with Crippen LogP contribution in [-0.2, 0) is 0 Å². The summed E-state index contributed by atoms with van der Waals surface area (Å²) in [5.74, 6) is 0.299. The van der Waals surface area contributed by atoms with Gasteiger partial charge in [-0.05, 0) is 55.7 Å². The number of rotatable bonds is 2. The van der Waals surface area contributed by atoms with Crippen molar-refractivity contribution in [1.82, 2.24) is 0 Å². The third-order valence-electron chi connectivity index (χ3n) is 3.55. The number of hydrogen-bond acceptors (Lipinski definition) is 6. The summed E-state index contributed by atoms with van der Waals surface area (Å²) in [6.07, 6.45) is 0. The molecule has 0 atom stereocenters. The number of Topliss-reactive ketones (excluding diaryl/α,β-unsaturated/α-hetero) is 2. The lowest BCUT2D eigenvalue weighted by atomic mass is 9.99. The van der Waals surface area contributed by atoms with E-state index in [2.05, 4.69) is 0 Å². The Kier molecular flexibility index (Phi) is 15.2. The molecule has 2 N–H and O–H groups in total. The highest BCUT2D eigenvalue weighted by Crippen LogP contribution is 2.26. The first kappa shape index (κ1) is 29.7. The number of thiophene rings is 2. The molecule has 0 radical (unpaired) electrons. The second-order valence-electron chi connectivity index (χ2n) is 6.04. The fourth-order valence-electron chi connectivity index (χ4n) is 2.31. The van der Waals surface area contributed by atoms with Gasteiger partial charge in [-0.15, -0.1) is 22.7 Å². The van der Waals surface area contributed by atoms with Crippen LogP contribution in [0.3, 0.4) is 0 Å². The Morgan fingerprint density at radius 3 is 1.22 bits per heavy atom. The molecule has 2 heterocycles. The highest BCUT2D eigenvalue weighted by Gasteiger charge is 2.04. The Hall–Kier alpha value is -2.32. The maximum Gasteiger partial charge on any atom is 0.448 e. The molecule has 4 rings (SSSR count). The van der Waals surface area contributed by atoms with Gasteiger partial charge in [0, 0.05) is 9.40 Å². The summed E-state index contributed by atoms with van der Waals surface area (Å²) in [4.78, 5) is 23.7. The molecule has 172 valence electrons. The van der Waals surface area contributed by atoms with E-state index in [-0.39, 0.29) is 11.6 Å². The Labute approximate surface area is 199 Å². The minimum atomic E-state index is -1.17. The second-order valence-corrected chi connectivity index (χ2v) is 8.21. The predicted molar refractivity (Wildman–Crippen MR) is 142 cm³/mol. The molecule has 4 nitrogen and oxygen atoms in total. The summed E-state index contributed by atoms with van der Waals surface area (Å²) in [6, 6.07) is 20.0. The molecule has 0 unspecified atom stereocenters. The van der Waals surface area contributed by atoms with Crippen LogP contribution < -0.4 is 0 Å². The van der Waals surface area contributed by atoms with Gasteiger partial charge >= 0.3 is 7.12 Å². The van der Waals surface area contributed by atoms with Crippen LogP contribution in [-0.4, -0.2) is 28.7 Å². The summed E-state index contributed by atoms with van der Waals surface area (Å²) in [6.45, 7) is 12.5. The van der Waals surface area contributed by atoms with Crippen LogP contribution in [0.2, 0.25) is 6.82 Å². The van der Waals surface area contributed by atoms with Crippen molar-refractivity contribution >= 4 is 61.5 Å². The first-order valence-electron chi connectivity index (χ1n) is 10.6. The van der Waals surface area contributed by atoms with Gasteiger partial charge in [-0.3, -0.25) is 9.59 Å². The predicted octanol–water partition coefficient (Wildman–Crippen LogP) is 7.35. The topological polar surface area (TPSA) is 74.6 Å². The molecule has 0 saturated heterocycles. The van der Waals surface area contributed by atoms with E-state index >= 15 is 0 Å². The minimum Gasteiger partial charge on any atom is -0.427 e. The molecule has 0 fully saturated rings. The Morgan fingerprint density at radius 2 is 0.969 bits per heavy atom. The molecule has 0 aliphatic heterocycles. The zero-order valence-electron chi connectivity index (χ0n) is 19.9. The van der Waals surface area contributed by atoms with Crippen LogP contribution in [0.15, 0.2) is 60.7 Å². The summed E-state index contributed by atoms with van der Waals surface area (Å²) >= 11 is 3.11. The van der Waals surface area contributed by atoms with Crippen LogP contribution in [0.1, 0.15) is 60.9 Å². The Balaban J connectivity index is 0.000000457. The van der Waals surface area contributed by atoms with Crippen molar-refractivity contribution in [2.75, 3.05) is 0 Å². The highest BCUT2D eigenvalue weighted by molar-refractivity contribution is 7.21. The number of hydrogen-bond donors (Lipinski definition) is 2. The lowest BCUT2D eigenvalue weighted by molar-refractivity contribution is 0.101. The van der Waals surface area contributed by atoms with Crippen LogP contribution in [0, 0.1) is 0 Å². The summed E-state index contributed by atoms with van der Waals surface area (Å²) in [5.41, 5.74) is 0. The molecule has 0 amide bonds. The molecule has 0 spiro atoms. The van der Waals surface area contributed by atoms with Crippen molar-refractivity contribution in [3.05, 3.63) is 70.4 Å². The Morgan fingerprint density at radius 1 is 0.688 bits per heavy atom. The molecular formula is C25H33BO4S2. The smallest absolute Gasteiger partial charge is 0.427 e. The zero-order chi connectivity index (χ0) is 24.7. The number of carbonyl (C=O) groups is 2. The molecule has 2 aromatic heterocycles. The molecule has 0 bridgehead atoms. The van der Waals surface area contributed by atoms with Crippen LogP contribution in [0.25, 0.3) is 20.2 Å². The highest BCUT2D eigenvalue weighted by atomic mass is 32.1. The summed E-state index contributed by atoms with van der Waals surface area (Å²) in [7, 11) is -1.17. The minimum absolute atomic E-state index is 0.149. The molecule has 32 heavy (non-hydrogen) atoms. The number of benzene rings is 2. The zero-order valence-corrected chi connectivity index (χ0v) is 21.5. The maximum absolute atomic E-state index is 11.0. The average Bonchev–Trinajstić information content (AvgIpc) is 3.41. The van der Waals surface area contributed by atoms with Gasteiger partial charge in [0.2, 0.25) is 0 Å². The molecule has 4 aromatic rings. The largest absolute Gasteiger partial charge is 0.448 e. The molecule has 7 heteroatoms. The van der Waals surface area contributed by atoms with E-state index in [1.54, 1.807) is 36.5 Å². The van der Waals surface area contributed by atoms with Crippen molar-refractivity contribution in [2.24, 2.45) is 0 Å². The van der Waals surface area contributed by atoms with Crippen molar-refractivity contribution in [3.8, 4) is 0 Å². The third-order valence-corrected chi connectivity index (χ3v) is 5.98. The van der Waals surface area contributed by atoms with Gasteiger partial charge in [0.15, 0.2) is 11.6 Å². The van der Waals surface area contributed by atoms with E-state index in [0.29, 0.717) is 0 Å². The first-order chi connectivity index (χ1) is 15.3. The number of ketones is 2. The lowest BCUT2D eigenvalue weighted by Gasteiger charge is -1.82. The standard InChI is InChI=1S/2C10H8OS.2C2H6.CH5BO2/c2*1-7(11)10-6-8-4-2-3-5-9(8)12-10;2*1-2;1-2(3)4/h2*2-6H,1H3;2*1-2H3;3-4H,1H3. The van der Waals surface area contributed by atoms with Crippen LogP contribution in [0.4, 0.5) is 0 Å². The second kappa shape index (κ2) is 16.3. The Bertz CT molecular complexity index is 931. The van der Waals surface area contributed by atoms with Crippen LogP contribution >= 0.6 is 22.7 Å². The third kappa shape index (κ3) is 10.3. The maximum atomic E-state index is 11.0. The van der Waals surface area contributed by atoms with Crippen molar-refractivity contribution < 1.29 is 19.6 Å². The molecule has 0 saturated carbocycles. The van der Waals surface area contributed by atoms with Gasteiger partial charge in [-0.25, -0.2) is 0 Å². The monoisotopic (exact) mass is 472 g/mol. The van der Waals surface area contributed by atoms with Crippen LogP contribution in [0.5, 0.6) is 0 Å². The van der Waals surface area contributed by atoms with Gasteiger partial charge in [0.05, 0.1) is 9.75 Å². The van der Waals surface area contributed by atoms with Crippen molar-refractivity contribution in [1.29, 1.82) is 0 Å². The van der Waals surface area contributed by atoms with Gasteiger partial charge < -0.3 is 10.0 Å². The number of fused-ring (bicyclic) bond motifs is 2. The van der Waals surface area contributed by atoms with Crippen molar-refractivity contribution in [3.63, 3.8) is 0 Å². The van der Waals surface area contributed by atoms with Gasteiger partial charge in [0.25, 0.3) is 0 Å². The SMILES string of the molecule is CB(O)O.CC.CC.CC(=O)c1cc2ccccc2s1.CC(=O)c1cc2ccccc2s1. The quantitative estimate of drug-likeness (QED) is 0.236. The van der Waals surface area contributed by atoms with E-state index in [1.807, 2.05) is 88.4 Å². The molecular weight excluding hydrogens is 439 g/mol. The normalized spacial score (nSPS) is 9.03. The van der Waals surface area contributed by atoms with Gasteiger partial charge in [-0.2, -0.15) is 0 Å². The molecule has 2 aromatic carbocycles. The molecule has 0 aliphatic carbocycles.